The lowest BCUT2D eigenvalue weighted by Gasteiger charge is -2.13. The predicted molar refractivity (Wildman–Crippen MR) is 267 cm³/mol. The van der Waals surface area contributed by atoms with Crippen LogP contribution in [-0.4, -0.2) is 13.7 Å². The summed E-state index contributed by atoms with van der Waals surface area (Å²) >= 11 is 0. The van der Waals surface area contributed by atoms with Gasteiger partial charge in [-0.2, -0.15) is 0 Å². The summed E-state index contributed by atoms with van der Waals surface area (Å²) in [5.74, 6) is 0. The molecule has 0 bridgehead atoms. The highest BCUT2D eigenvalue weighted by atomic mass is 15.0. The molecule has 0 radical (unpaired) electrons. The molecule has 0 N–H and O–H groups in total. The fraction of sp³-hybridized carbons (Fsp3) is 0. The number of aromatic nitrogens is 3. The van der Waals surface area contributed by atoms with E-state index in [0.717, 1.165) is 0 Å². The second-order valence-corrected chi connectivity index (χ2v) is 16.1. The van der Waals surface area contributed by atoms with E-state index in [1.807, 2.05) is 0 Å². The van der Waals surface area contributed by atoms with Crippen LogP contribution in [0.15, 0.2) is 249 Å². The van der Waals surface area contributed by atoms with E-state index in [0.29, 0.717) is 0 Å². The van der Waals surface area contributed by atoms with Crippen molar-refractivity contribution in [1.82, 2.24) is 13.7 Å². The van der Waals surface area contributed by atoms with Crippen molar-refractivity contribution >= 4 is 65.4 Å². The van der Waals surface area contributed by atoms with E-state index >= 15 is 0 Å². The molecular formula is C60H41N3. The fourth-order valence-corrected chi connectivity index (χ4v) is 9.72. The first-order valence-corrected chi connectivity index (χ1v) is 21.6. The average Bonchev–Trinajstić information content (AvgIpc) is 4.01. The third-order valence-corrected chi connectivity index (χ3v) is 12.6. The number of fused-ring (bicyclic) bond motifs is 9. The molecule has 13 aromatic rings. The van der Waals surface area contributed by atoms with E-state index < -0.39 is 0 Å². The van der Waals surface area contributed by atoms with E-state index in [2.05, 4.69) is 262 Å². The summed E-state index contributed by atoms with van der Waals surface area (Å²) in [6.45, 7) is 0. The van der Waals surface area contributed by atoms with Crippen LogP contribution >= 0.6 is 0 Å². The fourth-order valence-electron chi connectivity index (χ4n) is 9.72. The Morgan fingerprint density at radius 3 is 0.841 bits per heavy atom. The van der Waals surface area contributed by atoms with Crippen LogP contribution in [0.2, 0.25) is 0 Å². The number of benzene rings is 10. The van der Waals surface area contributed by atoms with Gasteiger partial charge in [0.2, 0.25) is 0 Å². The van der Waals surface area contributed by atoms with Gasteiger partial charge in [0.25, 0.3) is 0 Å². The molecule has 10 aromatic carbocycles. The summed E-state index contributed by atoms with van der Waals surface area (Å²) in [6, 6.07) is 89.0. The van der Waals surface area contributed by atoms with Gasteiger partial charge in [-0.15, -0.1) is 0 Å². The zero-order valence-electron chi connectivity index (χ0n) is 34.5. The van der Waals surface area contributed by atoms with Crippen LogP contribution < -0.4 is 0 Å². The first kappa shape index (κ1) is 36.5. The van der Waals surface area contributed by atoms with E-state index in [1.165, 1.54) is 105 Å². The van der Waals surface area contributed by atoms with E-state index in [1.54, 1.807) is 0 Å². The van der Waals surface area contributed by atoms with Gasteiger partial charge < -0.3 is 13.7 Å². The van der Waals surface area contributed by atoms with Gasteiger partial charge in [-0.3, -0.25) is 0 Å². The Morgan fingerprint density at radius 2 is 0.476 bits per heavy atom. The highest BCUT2D eigenvalue weighted by Crippen LogP contribution is 2.37. The number of hydrogen-bond acceptors (Lipinski definition) is 0. The monoisotopic (exact) mass is 803 g/mol. The zero-order valence-corrected chi connectivity index (χ0v) is 34.5. The van der Waals surface area contributed by atoms with Crippen LogP contribution in [0.4, 0.5) is 0 Å². The van der Waals surface area contributed by atoms with Gasteiger partial charge in [-0.25, -0.2) is 0 Å². The molecule has 0 atom stereocenters. The summed E-state index contributed by atoms with van der Waals surface area (Å²) in [7, 11) is 0. The second-order valence-electron chi connectivity index (χ2n) is 16.1. The van der Waals surface area contributed by atoms with Crippen molar-refractivity contribution in [3.05, 3.63) is 249 Å². The Kier molecular flexibility index (Phi) is 8.83. The van der Waals surface area contributed by atoms with E-state index in [-0.39, 0.29) is 0 Å². The zero-order chi connectivity index (χ0) is 41.7. The second kappa shape index (κ2) is 15.3. The van der Waals surface area contributed by atoms with Gasteiger partial charge in [0.05, 0.1) is 38.8 Å². The average molecular weight is 804 g/mol. The van der Waals surface area contributed by atoms with Crippen LogP contribution in [0.5, 0.6) is 0 Å². The lowest BCUT2D eigenvalue weighted by Crippen LogP contribution is -1.96. The normalized spacial score (nSPS) is 11.5. The molecule has 3 aromatic heterocycles. The maximum atomic E-state index is 2.38. The summed E-state index contributed by atoms with van der Waals surface area (Å²) in [5, 5.41) is 7.73. The summed E-state index contributed by atoms with van der Waals surface area (Å²) in [5.41, 5.74) is 15.9. The predicted octanol–water partition coefficient (Wildman–Crippen LogP) is 16.0. The van der Waals surface area contributed by atoms with Crippen molar-refractivity contribution in [1.29, 1.82) is 0 Å². The Balaban J connectivity index is 0.000000146. The van der Waals surface area contributed by atoms with Crippen LogP contribution in [0.25, 0.3) is 105 Å². The quantitative estimate of drug-likeness (QED) is 0.165. The van der Waals surface area contributed by atoms with Crippen LogP contribution in [0.3, 0.4) is 0 Å². The molecular weight excluding hydrogens is 763 g/mol. The molecule has 0 amide bonds. The number of rotatable bonds is 5. The Morgan fingerprint density at radius 1 is 0.190 bits per heavy atom. The van der Waals surface area contributed by atoms with Crippen LogP contribution in [0.1, 0.15) is 0 Å². The number of nitrogens with zero attached hydrogens (tertiary/aromatic N) is 3. The van der Waals surface area contributed by atoms with Crippen molar-refractivity contribution in [3.8, 4) is 39.3 Å². The van der Waals surface area contributed by atoms with Crippen molar-refractivity contribution < 1.29 is 0 Å². The third-order valence-electron chi connectivity index (χ3n) is 12.6. The molecule has 3 heteroatoms. The largest absolute Gasteiger partial charge is 0.309 e. The smallest absolute Gasteiger partial charge is 0.0541 e. The molecule has 0 unspecified atom stereocenters. The number of para-hydroxylation sites is 7. The van der Waals surface area contributed by atoms with Crippen molar-refractivity contribution in [2.45, 2.75) is 0 Å². The third kappa shape index (κ3) is 6.13. The molecule has 3 heterocycles. The van der Waals surface area contributed by atoms with Gasteiger partial charge in [0.15, 0.2) is 0 Å². The van der Waals surface area contributed by atoms with Crippen molar-refractivity contribution in [3.63, 3.8) is 0 Å². The summed E-state index contributed by atoms with van der Waals surface area (Å²) in [6.07, 6.45) is 0. The molecule has 0 aliphatic heterocycles. The van der Waals surface area contributed by atoms with Crippen LogP contribution in [0, 0.1) is 0 Å². The molecule has 296 valence electrons. The lowest BCUT2D eigenvalue weighted by molar-refractivity contribution is 1.18. The van der Waals surface area contributed by atoms with Crippen LogP contribution in [-0.2, 0) is 0 Å². The summed E-state index contributed by atoms with van der Waals surface area (Å²) < 4.78 is 7.10. The highest BCUT2D eigenvalue weighted by molar-refractivity contribution is 6.11. The molecule has 0 aliphatic rings. The molecule has 13 rings (SSSR count). The van der Waals surface area contributed by atoms with E-state index in [9.17, 15) is 0 Å². The lowest BCUT2D eigenvalue weighted by atomic mass is 10.0. The molecule has 63 heavy (non-hydrogen) atoms. The van der Waals surface area contributed by atoms with Gasteiger partial charge in [-0.1, -0.05) is 182 Å². The van der Waals surface area contributed by atoms with Gasteiger partial charge in [0, 0.05) is 49.3 Å². The molecule has 0 saturated heterocycles. The topological polar surface area (TPSA) is 14.8 Å². The van der Waals surface area contributed by atoms with Gasteiger partial charge >= 0.3 is 0 Å². The molecule has 0 spiro atoms. The van der Waals surface area contributed by atoms with Gasteiger partial charge in [-0.05, 0) is 83.4 Å². The van der Waals surface area contributed by atoms with Crippen molar-refractivity contribution in [2.75, 3.05) is 0 Å². The van der Waals surface area contributed by atoms with E-state index in [4.69, 9.17) is 0 Å². The Bertz CT molecular complexity index is 3460. The maximum absolute atomic E-state index is 2.38. The first-order valence-electron chi connectivity index (χ1n) is 21.6. The highest BCUT2D eigenvalue weighted by Gasteiger charge is 2.16. The Hall–Kier alpha value is -8.40. The molecule has 3 nitrogen and oxygen atoms in total. The first-order chi connectivity index (χ1) is 31.3. The maximum Gasteiger partial charge on any atom is 0.0541 e. The Labute approximate surface area is 365 Å². The molecule has 0 fully saturated rings. The summed E-state index contributed by atoms with van der Waals surface area (Å²) in [4.78, 5) is 0. The molecule has 0 saturated carbocycles. The number of hydrogen-bond donors (Lipinski definition) is 0. The molecule has 0 aliphatic carbocycles. The minimum absolute atomic E-state index is 1.17. The van der Waals surface area contributed by atoms with Gasteiger partial charge in [0.1, 0.15) is 0 Å². The standard InChI is InChI=1S/C36H24N2.C24H17N/c1-5-13-33-29(9-1)30-10-2-6-14-34(30)37(33)27-21-17-25(18-22-27)26-19-23-28(24-20-26)38-35-15-7-3-11-31(35)32-12-4-8-16-36(32)38;1-2-10-18(11-3-1)19-12-4-7-15-22(19)25-23-16-8-5-13-20(23)21-14-6-9-17-24(21)25/h1-24H;1-17H. The minimum Gasteiger partial charge on any atom is -0.309 e. The minimum atomic E-state index is 1.17. The van der Waals surface area contributed by atoms with Crippen molar-refractivity contribution in [2.24, 2.45) is 0 Å². The SMILES string of the molecule is c1ccc(-c2ccccc2-n2c3ccccc3c3ccccc32)cc1.c1ccc2c(c1)c1ccccc1n2-c1ccc(-c2ccc(-n3c4ccccc4c4ccccc43)cc2)cc1.